The SMILES string of the molecule is COc1ccccc1CC(NN)c1cccc(C)c1. The molecule has 3 heteroatoms. The van der Waals surface area contributed by atoms with Crippen molar-refractivity contribution in [2.75, 3.05) is 7.11 Å². The van der Waals surface area contributed by atoms with E-state index in [4.69, 9.17) is 10.6 Å². The number of hydrazine groups is 1. The maximum atomic E-state index is 5.70. The minimum absolute atomic E-state index is 0.0798. The Hall–Kier alpha value is -1.84. The van der Waals surface area contributed by atoms with E-state index in [1.807, 2.05) is 18.2 Å². The van der Waals surface area contributed by atoms with E-state index in [0.717, 1.165) is 17.7 Å². The molecule has 19 heavy (non-hydrogen) atoms. The second-order valence-electron chi connectivity index (χ2n) is 4.65. The van der Waals surface area contributed by atoms with Crippen LogP contribution in [-0.4, -0.2) is 7.11 Å². The van der Waals surface area contributed by atoms with Gasteiger partial charge in [0.15, 0.2) is 0 Å². The van der Waals surface area contributed by atoms with Gasteiger partial charge in [0.2, 0.25) is 0 Å². The van der Waals surface area contributed by atoms with E-state index in [1.165, 1.54) is 11.1 Å². The molecule has 3 N–H and O–H groups in total. The van der Waals surface area contributed by atoms with Gasteiger partial charge in [-0.1, -0.05) is 48.0 Å². The zero-order valence-corrected chi connectivity index (χ0v) is 11.4. The highest BCUT2D eigenvalue weighted by Gasteiger charge is 2.13. The molecule has 2 rings (SSSR count). The van der Waals surface area contributed by atoms with Gasteiger partial charge in [-0.25, -0.2) is 0 Å². The molecule has 0 aromatic heterocycles. The van der Waals surface area contributed by atoms with Crippen molar-refractivity contribution in [2.45, 2.75) is 19.4 Å². The summed E-state index contributed by atoms with van der Waals surface area (Å²) in [6.45, 7) is 2.08. The number of aryl methyl sites for hydroxylation is 1. The Balaban J connectivity index is 2.24. The summed E-state index contributed by atoms with van der Waals surface area (Å²) in [5, 5.41) is 0. The van der Waals surface area contributed by atoms with Crippen LogP contribution in [0.1, 0.15) is 22.7 Å². The average Bonchev–Trinajstić information content (AvgIpc) is 2.45. The number of nitrogens with one attached hydrogen (secondary N) is 1. The highest BCUT2D eigenvalue weighted by Crippen LogP contribution is 2.24. The van der Waals surface area contributed by atoms with Crippen LogP contribution in [0.4, 0.5) is 0 Å². The smallest absolute Gasteiger partial charge is 0.122 e. The Labute approximate surface area is 114 Å². The van der Waals surface area contributed by atoms with Crippen LogP contribution in [0.5, 0.6) is 5.75 Å². The number of hydrogen-bond donors (Lipinski definition) is 2. The van der Waals surface area contributed by atoms with Crippen molar-refractivity contribution in [3.8, 4) is 5.75 Å². The Morgan fingerprint density at radius 1 is 1.16 bits per heavy atom. The molecule has 0 spiro atoms. The first-order chi connectivity index (χ1) is 9.24. The van der Waals surface area contributed by atoms with Crippen LogP contribution >= 0.6 is 0 Å². The van der Waals surface area contributed by atoms with E-state index >= 15 is 0 Å². The summed E-state index contributed by atoms with van der Waals surface area (Å²) in [4.78, 5) is 0. The Morgan fingerprint density at radius 3 is 2.63 bits per heavy atom. The van der Waals surface area contributed by atoms with Gasteiger partial charge in [0.25, 0.3) is 0 Å². The van der Waals surface area contributed by atoms with Crippen LogP contribution in [0.25, 0.3) is 0 Å². The number of ether oxygens (including phenoxy) is 1. The number of benzene rings is 2. The summed E-state index contributed by atoms with van der Waals surface area (Å²) in [5.74, 6) is 6.60. The highest BCUT2D eigenvalue weighted by molar-refractivity contribution is 5.35. The van der Waals surface area contributed by atoms with E-state index in [2.05, 4.69) is 42.7 Å². The lowest BCUT2D eigenvalue weighted by atomic mass is 9.97. The molecule has 0 saturated carbocycles. The quantitative estimate of drug-likeness (QED) is 0.639. The summed E-state index contributed by atoms with van der Waals surface area (Å²) in [7, 11) is 1.69. The number of methoxy groups -OCH3 is 1. The largest absolute Gasteiger partial charge is 0.496 e. The predicted molar refractivity (Wildman–Crippen MR) is 77.9 cm³/mol. The van der Waals surface area contributed by atoms with Gasteiger partial charge in [-0.05, 0) is 30.5 Å². The molecule has 1 atom stereocenters. The molecule has 2 aromatic rings. The van der Waals surface area contributed by atoms with Gasteiger partial charge < -0.3 is 4.74 Å². The number of hydrogen-bond acceptors (Lipinski definition) is 3. The fourth-order valence-electron chi connectivity index (χ4n) is 2.25. The Morgan fingerprint density at radius 2 is 1.95 bits per heavy atom. The molecule has 0 aliphatic rings. The van der Waals surface area contributed by atoms with Crippen LogP contribution in [0, 0.1) is 6.92 Å². The van der Waals surface area contributed by atoms with E-state index in [1.54, 1.807) is 7.11 Å². The van der Waals surface area contributed by atoms with Crippen molar-refractivity contribution < 1.29 is 4.74 Å². The monoisotopic (exact) mass is 256 g/mol. The second kappa shape index (κ2) is 6.36. The molecular weight excluding hydrogens is 236 g/mol. The van der Waals surface area contributed by atoms with Crippen LogP contribution in [-0.2, 0) is 6.42 Å². The Kier molecular flexibility index (Phi) is 4.55. The molecule has 0 saturated heterocycles. The standard InChI is InChI=1S/C16H20N2O/c1-12-6-5-8-13(10-12)15(18-17)11-14-7-3-4-9-16(14)19-2/h3-10,15,18H,11,17H2,1-2H3. The van der Waals surface area contributed by atoms with Gasteiger partial charge in [-0.15, -0.1) is 0 Å². The van der Waals surface area contributed by atoms with Crippen LogP contribution in [0.2, 0.25) is 0 Å². The van der Waals surface area contributed by atoms with E-state index < -0.39 is 0 Å². The summed E-state index contributed by atoms with van der Waals surface area (Å²) in [5.41, 5.74) is 6.46. The molecule has 2 aromatic carbocycles. The highest BCUT2D eigenvalue weighted by atomic mass is 16.5. The van der Waals surface area contributed by atoms with Gasteiger partial charge >= 0.3 is 0 Å². The molecule has 0 radical (unpaired) electrons. The lowest BCUT2D eigenvalue weighted by Crippen LogP contribution is -2.29. The van der Waals surface area contributed by atoms with Gasteiger partial charge in [0, 0.05) is 0 Å². The van der Waals surface area contributed by atoms with Crippen molar-refractivity contribution in [3.05, 3.63) is 65.2 Å². The first-order valence-electron chi connectivity index (χ1n) is 6.39. The van der Waals surface area contributed by atoms with Crippen molar-refractivity contribution in [1.82, 2.24) is 5.43 Å². The molecule has 100 valence electrons. The zero-order chi connectivity index (χ0) is 13.7. The predicted octanol–water partition coefficient (Wildman–Crippen LogP) is 2.75. The minimum atomic E-state index is 0.0798. The lowest BCUT2D eigenvalue weighted by molar-refractivity contribution is 0.405. The third-order valence-electron chi connectivity index (χ3n) is 3.26. The van der Waals surface area contributed by atoms with E-state index in [0.29, 0.717) is 0 Å². The van der Waals surface area contributed by atoms with Crippen LogP contribution < -0.4 is 16.0 Å². The van der Waals surface area contributed by atoms with Crippen molar-refractivity contribution in [1.29, 1.82) is 0 Å². The van der Waals surface area contributed by atoms with Crippen molar-refractivity contribution >= 4 is 0 Å². The first-order valence-corrected chi connectivity index (χ1v) is 6.39. The summed E-state index contributed by atoms with van der Waals surface area (Å²) >= 11 is 0. The van der Waals surface area contributed by atoms with Gasteiger partial charge in [-0.3, -0.25) is 11.3 Å². The molecule has 0 aliphatic heterocycles. The van der Waals surface area contributed by atoms with Crippen LogP contribution in [0.15, 0.2) is 48.5 Å². The maximum absolute atomic E-state index is 5.70. The molecule has 0 fully saturated rings. The van der Waals surface area contributed by atoms with E-state index in [-0.39, 0.29) is 6.04 Å². The third kappa shape index (κ3) is 3.34. The first kappa shape index (κ1) is 13.6. The molecule has 0 bridgehead atoms. The van der Waals surface area contributed by atoms with Crippen LogP contribution in [0.3, 0.4) is 0 Å². The molecule has 3 nitrogen and oxygen atoms in total. The van der Waals surface area contributed by atoms with E-state index in [9.17, 15) is 0 Å². The van der Waals surface area contributed by atoms with Crippen molar-refractivity contribution in [2.24, 2.45) is 5.84 Å². The zero-order valence-electron chi connectivity index (χ0n) is 11.4. The molecule has 0 amide bonds. The fraction of sp³-hybridized carbons (Fsp3) is 0.250. The Bertz CT molecular complexity index is 540. The summed E-state index contributed by atoms with van der Waals surface area (Å²) < 4.78 is 5.38. The molecule has 0 heterocycles. The molecule has 1 unspecified atom stereocenters. The number of para-hydroxylation sites is 1. The fourth-order valence-corrected chi connectivity index (χ4v) is 2.25. The normalized spacial score (nSPS) is 12.2. The van der Waals surface area contributed by atoms with Crippen molar-refractivity contribution in [3.63, 3.8) is 0 Å². The van der Waals surface area contributed by atoms with Gasteiger partial charge in [-0.2, -0.15) is 0 Å². The number of rotatable bonds is 5. The van der Waals surface area contributed by atoms with Gasteiger partial charge in [0.1, 0.15) is 5.75 Å². The average molecular weight is 256 g/mol. The molecule has 0 aliphatic carbocycles. The minimum Gasteiger partial charge on any atom is -0.496 e. The second-order valence-corrected chi connectivity index (χ2v) is 4.65. The third-order valence-corrected chi connectivity index (χ3v) is 3.26. The lowest BCUT2D eigenvalue weighted by Gasteiger charge is -2.18. The molecular formula is C16H20N2O. The maximum Gasteiger partial charge on any atom is 0.122 e. The summed E-state index contributed by atoms with van der Waals surface area (Å²) in [6, 6.07) is 16.5. The number of nitrogens with two attached hydrogens (primary N) is 1. The topological polar surface area (TPSA) is 47.3 Å². The van der Waals surface area contributed by atoms with Gasteiger partial charge in [0.05, 0.1) is 13.2 Å². The summed E-state index contributed by atoms with van der Waals surface area (Å²) in [6.07, 6.45) is 0.796.